The second-order valence-electron chi connectivity index (χ2n) is 10.8. The van der Waals surface area contributed by atoms with E-state index < -0.39 is 5.41 Å². The van der Waals surface area contributed by atoms with Gasteiger partial charge in [-0.15, -0.1) is 0 Å². The maximum absolute atomic E-state index is 14.5. The summed E-state index contributed by atoms with van der Waals surface area (Å²) in [6, 6.07) is 23.5. The van der Waals surface area contributed by atoms with E-state index in [0.29, 0.717) is 35.2 Å². The number of rotatable bonds is 5. The fourth-order valence-electron chi connectivity index (χ4n) is 6.64. The van der Waals surface area contributed by atoms with Gasteiger partial charge in [0.05, 0.1) is 23.6 Å². The maximum Gasteiger partial charge on any atom is 0.338 e. The number of benzene rings is 3. The van der Waals surface area contributed by atoms with Crippen LogP contribution in [-0.2, 0) is 22.4 Å². The van der Waals surface area contributed by atoms with Gasteiger partial charge in [0, 0.05) is 23.3 Å². The van der Waals surface area contributed by atoms with Gasteiger partial charge in [-0.1, -0.05) is 48.0 Å². The first-order valence-corrected chi connectivity index (χ1v) is 14.0. The molecule has 1 amide bonds. The molecule has 3 aromatic carbocycles. The quantitative estimate of drug-likeness (QED) is 0.355. The lowest BCUT2D eigenvalue weighted by molar-refractivity contribution is -0.125. The maximum atomic E-state index is 14.5. The van der Waals surface area contributed by atoms with E-state index in [2.05, 4.69) is 35.2 Å². The molecule has 200 valence electrons. The first-order chi connectivity index (χ1) is 18.9. The van der Waals surface area contributed by atoms with E-state index in [1.165, 1.54) is 10.6 Å². The predicted octanol–water partition coefficient (Wildman–Crippen LogP) is 6.31. The summed E-state index contributed by atoms with van der Waals surface area (Å²) in [4.78, 5) is 29.0. The zero-order valence-electron chi connectivity index (χ0n) is 22.3. The SMILES string of the molecule is CCOC(=O)c1ccc(N2N=C(C)[C@]3(Cc4ccc(Cl)cc4N4CC[C@H](Cc5ccccc5)C[C@@H]43)C2=O)cc1. The summed E-state index contributed by atoms with van der Waals surface area (Å²) in [7, 11) is 0. The molecule has 1 fully saturated rings. The second kappa shape index (κ2) is 10.2. The van der Waals surface area contributed by atoms with Crippen LogP contribution < -0.4 is 9.91 Å². The molecule has 0 N–H and O–H groups in total. The van der Waals surface area contributed by atoms with Gasteiger partial charge in [-0.3, -0.25) is 4.79 Å². The third-order valence-corrected chi connectivity index (χ3v) is 8.80. The van der Waals surface area contributed by atoms with Gasteiger partial charge < -0.3 is 9.64 Å². The van der Waals surface area contributed by atoms with Crippen LogP contribution in [0, 0.1) is 11.3 Å². The number of carbonyl (C=O) groups is 2. The van der Waals surface area contributed by atoms with Gasteiger partial charge >= 0.3 is 5.97 Å². The molecule has 6 rings (SSSR count). The van der Waals surface area contributed by atoms with Crippen LogP contribution in [0.2, 0.25) is 5.02 Å². The number of anilines is 2. The molecule has 3 heterocycles. The number of hydrogen-bond acceptors (Lipinski definition) is 5. The Bertz CT molecular complexity index is 1440. The Hall–Kier alpha value is -3.64. The molecule has 3 aliphatic heterocycles. The van der Waals surface area contributed by atoms with Crippen LogP contribution in [-0.4, -0.2) is 36.8 Å². The summed E-state index contributed by atoms with van der Waals surface area (Å²) in [6.45, 7) is 4.95. The Morgan fingerprint density at radius 3 is 2.62 bits per heavy atom. The molecule has 0 unspecified atom stereocenters. The Kier molecular flexibility index (Phi) is 6.67. The van der Waals surface area contributed by atoms with Crippen molar-refractivity contribution in [1.29, 1.82) is 0 Å². The number of nitrogens with zero attached hydrogens (tertiary/aromatic N) is 3. The molecule has 0 saturated carbocycles. The molecular formula is C32H32ClN3O3. The molecule has 3 aliphatic rings. The number of piperidine rings is 1. The molecule has 0 radical (unpaired) electrons. The van der Waals surface area contributed by atoms with E-state index in [9.17, 15) is 9.59 Å². The van der Waals surface area contributed by atoms with Crippen LogP contribution in [0.25, 0.3) is 0 Å². The zero-order valence-corrected chi connectivity index (χ0v) is 23.0. The van der Waals surface area contributed by atoms with Gasteiger partial charge in [-0.25, -0.2) is 4.79 Å². The highest BCUT2D eigenvalue weighted by Gasteiger charge is 2.59. The second-order valence-corrected chi connectivity index (χ2v) is 11.2. The first kappa shape index (κ1) is 25.6. The summed E-state index contributed by atoms with van der Waals surface area (Å²) in [5.74, 6) is 0.0717. The minimum Gasteiger partial charge on any atom is -0.462 e. The largest absolute Gasteiger partial charge is 0.462 e. The molecule has 0 aromatic heterocycles. The molecular weight excluding hydrogens is 510 g/mol. The monoisotopic (exact) mass is 541 g/mol. The van der Waals surface area contributed by atoms with Gasteiger partial charge in [0.25, 0.3) is 5.91 Å². The number of ether oxygens (including phenoxy) is 1. The average Bonchev–Trinajstić information content (AvgIpc) is 3.20. The van der Waals surface area contributed by atoms with Crippen LogP contribution in [0.15, 0.2) is 77.9 Å². The highest BCUT2D eigenvalue weighted by atomic mass is 35.5. The fraction of sp³-hybridized carbons (Fsp3) is 0.344. The van der Waals surface area contributed by atoms with Crippen molar-refractivity contribution >= 4 is 40.6 Å². The topological polar surface area (TPSA) is 62.2 Å². The van der Waals surface area contributed by atoms with Crippen LogP contribution in [0.3, 0.4) is 0 Å². The third-order valence-electron chi connectivity index (χ3n) is 8.57. The lowest BCUT2D eigenvalue weighted by Gasteiger charge is -2.52. The Morgan fingerprint density at radius 1 is 1.10 bits per heavy atom. The van der Waals surface area contributed by atoms with E-state index in [4.69, 9.17) is 21.4 Å². The number of hydrogen-bond donors (Lipinski definition) is 0. The van der Waals surface area contributed by atoms with E-state index >= 15 is 0 Å². The number of halogens is 1. The predicted molar refractivity (Wildman–Crippen MR) is 155 cm³/mol. The molecule has 0 aliphatic carbocycles. The lowest BCUT2D eigenvalue weighted by atomic mass is 9.64. The third kappa shape index (κ3) is 4.41. The fourth-order valence-corrected chi connectivity index (χ4v) is 6.81. The van der Waals surface area contributed by atoms with Crippen LogP contribution >= 0.6 is 11.6 Å². The molecule has 6 nitrogen and oxygen atoms in total. The van der Waals surface area contributed by atoms with Crippen molar-refractivity contribution in [3.05, 3.63) is 94.5 Å². The van der Waals surface area contributed by atoms with Crippen LogP contribution in [0.1, 0.15) is 48.2 Å². The molecule has 39 heavy (non-hydrogen) atoms. The summed E-state index contributed by atoms with van der Waals surface area (Å²) in [6.07, 6.45) is 3.53. The molecule has 3 aromatic rings. The average molecular weight is 542 g/mol. The number of fused-ring (bicyclic) bond motifs is 4. The first-order valence-electron chi connectivity index (χ1n) is 13.7. The Labute approximate surface area is 234 Å². The number of carbonyl (C=O) groups excluding carboxylic acids is 2. The van der Waals surface area contributed by atoms with Crippen molar-refractivity contribution in [3.8, 4) is 0 Å². The van der Waals surface area contributed by atoms with Gasteiger partial charge in [0.2, 0.25) is 0 Å². The minimum atomic E-state index is -0.768. The van der Waals surface area contributed by atoms with Gasteiger partial charge in [-0.2, -0.15) is 10.1 Å². The normalized spacial score (nSPS) is 23.9. The highest BCUT2D eigenvalue weighted by molar-refractivity contribution is 6.31. The smallest absolute Gasteiger partial charge is 0.338 e. The van der Waals surface area contributed by atoms with Crippen LogP contribution in [0.4, 0.5) is 11.4 Å². The molecule has 1 spiro atoms. The van der Waals surface area contributed by atoms with E-state index in [1.54, 1.807) is 31.2 Å². The van der Waals surface area contributed by atoms with E-state index in [-0.39, 0.29) is 17.9 Å². The lowest BCUT2D eigenvalue weighted by Crippen LogP contribution is -2.62. The molecule has 3 atom stereocenters. The number of hydrazone groups is 1. The van der Waals surface area contributed by atoms with Crippen molar-refractivity contribution in [3.63, 3.8) is 0 Å². The van der Waals surface area contributed by atoms with Crippen molar-refractivity contribution in [2.75, 3.05) is 23.1 Å². The molecule has 1 saturated heterocycles. The Balaban J connectivity index is 1.36. The van der Waals surface area contributed by atoms with Gasteiger partial charge in [0.1, 0.15) is 5.41 Å². The summed E-state index contributed by atoms with van der Waals surface area (Å²) >= 11 is 6.45. The van der Waals surface area contributed by atoms with Crippen LogP contribution in [0.5, 0.6) is 0 Å². The van der Waals surface area contributed by atoms with Gasteiger partial charge in [-0.05, 0) is 93.0 Å². The zero-order chi connectivity index (χ0) is 27.1. The highest BCUT2D eigenvalue weighted by Crippen LogP contribution is 2.51. The van der Waals surface area contributed by atoms with Gasteiger partial charge in [0.15, 0.2) is 0 Å². The number of amides is 1. The van der Waals surface area contributed by atoms with Crippen molar-refractivity contribution in [2.45, 2.75) is 45.6 Å². The van der Waals surface area contributed by atoms with Crippen molar-refractivity contribution in [2.24, 2.45) is 16.4 Å². The Morgan fingerprint density at radius 2 is 1.87 bits per heavy atom. The molecule has 7 heteroatoms. The standard InChI is InChI=1S/C32H32ClN3O3/c1-3-39-30(37)24-10-13-27(14-11-24)36-31(38)32(21(2)34-36)20-25-9-12-26(33)19-28(25)35-16-15-23(18-29(32)35)17-22-7-5-4-6-8-22/h4-14,19,23,29H,3,15-18,20H2,1-2H3/t23-,29-,32+/m1/s1. The molecule has 0 bridgehead atoms. The van der Waals surface area contributed by atoms with Crippen molar-refractivity contribution in [1.82, 2.24) is 0 Å². The van der Waals surface area contributed by atoms with E-state index in [0.717, 1.165) is 42.8 Å². The van der Waals surface area contributed by atoms with E-state index in [1.807, 2.05) is 25.1 Å². The minimum absolute atomic E-state index is 0.0140. The summed E-state index contributed by atoms with van der Waals surface area (Å²) < 4.78 is 5.11. The summed E-state index contributed by atoms with van der Waals surface area (Å²) in [5, 5.41) is 7.09. The number of esters is 1. The summed E-state index contributed by atoms with van der Waals surface area (Å²) in [5.41, 5.74) is 4.75. The van der Waals surface area contributed by atoms with Crippen molar-refractivity contribution < 1.29 is 14.3 Å².